The predicted molar refractivity (Wildman–Crippen MR) is 61.4 cm³/mol. The third-order valence-corrected chi connectivity index (χ3v) is 2.05. The molecule has 1 aromatic carbocycles. The van der Waals surface area contributed by atoms with Crippen LogP contribution in [0.5, 0.6) is 0 Å². The minimum atomic E-state index is -0.509. The van der Waals surface area contributed by atoms with E-state index in [9.17, 15) is 4.39 Å². The van der Waals surface area contributed by atoms with Crippen molar-refractivity contribution in [1.82, 2.24) is 20.2 Å². The van der Waals surface area contributed by atoms with Crippen LogP contribution in [-0.2, 0) is 0 Å². The number of nitrogens with one attached hydrogen (secondary N) is 1. The molecule has 1 heterocycles. The van der Waals surface area contributed by atoms with E-state index in [1.165, 1.54) is 23.1 Å². The number of benzene rings is 1. The largest absolute Gasteiger partial charge is 0.274 e. The van der Waals surface area contributed by atoms with E-state index in [2.05, 4.69) is 26.1 Å². The zero-order valence-electron chi connectivity index (χ0n) is 9.32. The molecule has 0 aliphatic heterocycles. The van der Waals surface area contributed by atoms with Crippen molar-refractivity contribution >= 4 is 11.4 Å². The van der Waals surface area contributed by atoms with E-state index >= 15 is 0 Å². The van der Waals surface area contributed by atoms with Gasteiger partial charge in [-0.25, -0.2) is 4.39 Å². The number of hydrogen-bond acceptors (Lipinski definition) is 7. The molecule has 8 nitrogen and oxygen atoms in total. The molecule has 0 saturated heterocycles. The van der Waals surface area contributed by atoms with Crippen molar-refractivity contribution in [2.24, 2.45) is 5.10 Å². The SMILES string of the molecule is N#CC(C#N)=NNc1cc(F)ccc1-n1cnnn1. The van der Waals surface area contributed by atoms with E-state index in [1.54, 1.807) is 12.1 Å². The maximum Gasteiger partial charge on any atom is 0.237 e. The van der Waals surface area contributed by atoms with E-state index in [0.717, 1.165) is 6.07 Å². The average molecular weight is 256 g/mol. The third-order valence-electron chi connectivity index (χ3n) is 2.05. The number of hydrazone groups is 1. The predicted octanol–water partition coefficient (Wildman–Crippen LogP) is 0.616. The molecular formula is C10H5FN8. The number of aromatic nitrogens is 4. The van der Waals surface area contributed by atoms with Crippen LogP contribution < -0.4 is 5.43 Å². The Labute approximate surface area is 106 Å². The molecule has 0 amide bonds. The Bertz CT molecular complexity index is 675. The fraction of sp³-hybridized carbons (Fsp3) is 0. The van der Waals surface area contributed by atoms with Crippen LogP contribution in [0.3, 0.4) is 0 Å². The van der Waals surface area contributed by atoms with Gasteiger partial charge in [0.1, 0.15) is 24.3 Å². The summed E-state index contributed by atoms with van der Waals surface area (Å²) in [5.41, 5.74) is 2.69. The highest BCUT2D eigenvalue weighted by Gasteiger charge is 2.07. The Morgan fingerprint density at radius 2 is 2.16 bits per heavy atom. The van der Waals surface area contributed by atoms with Gasteiger partial charge in [-0.05, 0) is 22.6 Å². The number of nitriles is 2. The first-order chi connectivity index (χ1) is 9.24. The van der Waals surface area contributed by atoms with Gasteiger partial charge in [0.2, 0.25) is 5.71 Å². The van der Waals surface area contributed by atoms with Crippen LogP contribution in [0.15, 0.2) is 29.6 Å². The Balaban J connectivity index is 2.40. The molecule has 1 aromatic heterocycles. The summed E-state index contributed by atoms with van der Waals surface area (Å²) in [6.45, 7) is 0. The van der Waals surface area contributed by atoms with Crippen LogP contribution in [0.2, 0.25) is 0 Å². The van der Waals surface area contributed by atoms with Crippen molar-refractivity contribution < 1.29 is 4.39 Å². The van der Waals surface area contributed by atoms with E-state index in [4.69, 9.17) is 10.5 Å². The Morgan fingerprint density at radius 1 is 1.37 bits per heavy atom. The van der Waals surface area contributed by atoms with Crippen molar-refractivity contribution in [3.63, 3.8) is 0 Å². The van der Waals surface area contributed by atoms with Crippen molar-refractivity contribution in [1.29, 1.82) is 10.5 Å². The average Bonchev–Trinajstić information content (AvgIpc) is 2.94. The summed E-state index contributed by atoms with van der Waals surface area (Å²) in [6.07, 6.45) is 1.32. The quantitative estimate of drug-likeness (QED) is 0.635. The van der Waals surface area contributed by atoms with Crippen LogP contribution >= 0.6 is 0 Å². The maximum absolute atomic E-state index is 13.2. The molecule has 0 atom stereocenters. The highest BCUT2D eigenvalue weighted by atomic mass is 19.1. The molecule has 0 saturated carbocycles. The summed E-state index contributed by atoms with van der Waals surface area (Å²) in [4.78, 5) is 0. The van der Waals surface area contributed by atoms with Gasteiger partial charge < -0.3 is 0 Å². The van der Waals surface area contributed by atoms with Gasteiger partial charge in [0.05, 0.1) is 11.4 Å². The zero-order valence-corrected chi connectivity index (χ0v) is 9.32. The van der Waals surface area contributed by atoms with Gasteiger partial charge in [0.15, 0.2) is 0 Å². The molecule has 92 valence electrons. The first-order valence-corrected chi connectivity index (χ1v) is 4.91. The lowest BCUT2D eigenvalue weighted by Crippen LogP contribution is -2.03. The van der Waals surface area contributed by atoms with Crippen LogP contribution in [-0.4, -0.2) is 25.9 Å². The molecule has 0 fully saturated rings. The number of hydrogen-bond donors (Lipinski definition) is 1. The number of halogens is 1. The Morgan fingerprint density at radius 3 is 2.79 bits per heavy atom. The maximum atomic E-state index is 13.2. The molecule has 9 heteroatoms. The summed E-state index contributed by atoms with van der Waals surface area (Å²) in [5, 5.41) is 31.2. The smallest absolute Gasteiger partial charge is 0.237 e. The highest BCUT2D eigenvalue weighted by molar-refractivity contribution is 6.10. The molecule has 0 aliphatic rings. The molecule has 19 heavy (non-hydrogen) atoms. The normalized spacial score (nSPS) is 9.21. The minimum Gasteiger partial charge on any atom is -0.274 e. The number of rotatable bonds is 3. The second-order valence-corrected chi connectivity index (χ2v) is 3.21. The van der Waals surface area contributed by atoms with Crippen LogP contribution in [0, 0.1) is 28.5 Å². The van der Waals surface area contributed by atoms with Gasteiger partial charge in [-0.1, -0.05) is 0 Å². The molecule has 0 aliphatic carbocycles. The lowest BCUT2D eigenvalue weighted by Gasteiger charge is -2.07. The molecule has 0 unspecified atom stereocenters. The van der Waals surface area contributed by atoms with Gasteiger partial charge >= 0.3 is 0 Å². The fourth-order valence-electron chi connectivity index (χ4n) is 1.26. The molecule has 0 bridgehead atoms. The van der Waals surface area contributed by atoms with Crippen LogP contribution in [0.25, 0.3) is 5.69 Å². The topological polar surface area (TPSA) is 116 Å². The monoisotopic (exact) mass is 256 g/mol. The minimum absolute atomic E-state index is 0.218. The number of anilines is 1. The summed E-state index contributed by atoms with van der Waals surface area (Å²) in [5.74, 6) is -0.509. The Kier molecular flexibility index (Phi) is 3.41. The van der Waals surface area contributed by atoms with Crippen molar-refractivity contribution in [2.45, 2.75) is 0 Å². The van der Waals surface area contributed by atoms with Crippen LogP contribution in [0.1, 0.15) is 0 Å². The lowest BCUT2D eigenvalue weighted by molar-refractivity contribution is 0.627. The summed E-state index contributed by atoms with van der Waals surface area (Å²) < 4.78 is 14.5. The third kappa shape index (κ3) is 2.68. The number of tetrazole rings is 1. The van der Waals surface area contributed by atoms with E-state index in [-0.39, 0.29) is 11.4 Å². The van der Waals surface area contributed by atoms with E-state index in [0.29, 0.717) is 5.69 Å². The molecule has 0 spiro atoms. The highest BCUT2D eigenvalue weighted by Crippen LogP contribution is 2.20. The Hall–Kier alpha value is -3.33. The van der Waals surface area contributed by atoms with Gasteiger partial charge in [-0.2, -0.15) is 20.3 Å². The summed E-state index contributed by atoms with van der Waals surface area (Å²) >= 11 is 0. The van der Waals surface area contributed by atoms with Crippen molar-refractivity contribution in [3.8, 4) is 17.8 Å². The second-order valence-electron chi connectivity index (χ2n) is 3.21. The van der Waals surface area contributed by atoms with Gasteiger partial charge in [0.25, 0.3) is 0 Å². The summed E-state index contributed by atoms with van der Waals surface area (Å²) in [6, 6.07) is 6.95. The van der Waals surface area contributed by atoms with Crippen LogP contribution in [0.4, 0.5) is 10.1 Å². The number of nitrogens with zero attached hydrogens (tertiary/aromatic N) is 7. The standard InChI is InChI=1S/C10H5FN8/c11-7-1-2-10(19-6-14-17-18-19)9(3-7)16-15-8(4-12)5-13/h1-3,6,16H. The molecule has 2 rings (SSSR count). The van der Waals surface area contributed by atoms with Gasteiger partial charge in [-0.15, -0.1) is 5.10 Å². The summed E-state index contributed by atoms with van der Waals surface area (Å²) in [7, 11) is 0. The van der Waals surface area contributed by atoms with E-state index < -0.39 is 5.82 Å². The second kappa shape index (κ2) is 5.33. The first kappa shape index (κ1) is 12.1. The first-order valence-electron chi connectivity index (χ1n) is 4.91. The fourth-order valence-corrected chi connectivity index (χ4v) is 1.26. The lowest BCUT2D eigenvalue weighted by atomic mass is 10.2. The zero-order chi connectivity index (χ0) is 13.7. The molecular weight excluding hydrogens is 251 g/mol. The molecule has 1 N–H and O–H groups in total. The van der Waals surface area contributed by atoms with Gasteiger partial charge in [0, 0.05) is 6.07 Å². The molecule has 0 radical (unpaired) electrons. The van der Waals surface area contributed by atoms with Crippen molar-refractivity contribution in [3.05, 3.63) is 30.3 Å². The molecule has 2 aromatic rings. The van der Waals surface area contributed by atoms with Crippen molar-refractivity contribution in [2.75, 3.05) is 5.43 Å². The van der Waals surface area contributed by atoms with Gasteiger partial charge in [-0.3, -0.25) is 5.43 Å². The van der Waals surface area contributed by atoms with E-state index in [1.807, 2.05) is 0 Å².